The molecule has 7 rings (SSSR count). The number of hydrogen-bond donors (Lipinski definition) is 14. The maximum Gasteiger partial charge on any atom is 0.407 e. The van der Waals surface area contributed by atoms with Gasteiger partial charge < -0.3 is 105 Å². The topological polar surface area (TPSA) is 549 Å². The van der Waals surface area contributed by atoms with Crippen molar-refractivity contribution in [2.75, 3.05) is 76.6 Å². The first-order chi connectivity index (χ1) is 57.0. The number of hydrogen-bond acceptors (Lipinski definition) is 22. The lowest BCUT2D eigenvalue weighted by atomic mass is 9.98. The molecule has 0 bridgehead atoms. The minimum absolute atomic E-state index is 0.0445. The Morgan fingerprint density at radius 2 is 0.748 bits per heavy atom. The Labute approximate surface area is 689 Å². The molecule has 36 heteroatoms. The number of ether oxygens (including phenoxy) is 6. The molecule has 36 nitrogen and oxygen atoms in total. The van der Waals surface area contributed by atoms with Gasteiger partial charge in [0, 0.05) is 82.2 Å². The van der Waals surface area contributed by atoms with Crippen molar-refractivity contribution < 1.29 is 100 Å². The van der Waals surface area contributed by atoms with Crippen LogP contribution in [-0.4, -0.2) is 196 Å². The number of primary amides is 4. The molecule has 642 valence electrons. The van der Waals surface area contributed by atoms with E-state index in [1.807, 2.05) is 97.1 Å². The number of carbonyl (C=O) groups excluding carboxylic acids is 15. The van der Waals surface area contributed by atoms with Gasteiger partial charge in [0.05, 0.1) is 19.8 Å². The van der Waals surface area contributed by atoms with E-state index in [2.05, 4.69) is 65.1 Å². The molecule has 18 N–H and O–H groups in total. The van der Waals surface area contributed by atoms with Crippen LogP contribution in [0.2, 0.25) is 0 Å². The highest BCUT2D eigenvalue weighted by Crippen LogP contribution is 2.46. The lowest BCUT2D eigenvalue weighted by molar-refractivity contribution is -0.147. The molecule has 4 aromatic carbocycles. The standard InChI is InChI=1S/C83H109N15O21/c1-6-7-8-17-38-114-39-40-115-41-42-116-73(105)47-117-50-43-69(95-71(103)34-36-88-76(106)61(26-30-65(84)99)90-80(110)74(48(2)3)97-78(108)63(28-32-67(86)101)92-82(112)118-45-59-55-22-13-9-18-51(55)52-19-10-14-23-56(52)59)94-70(44-50)96-72(104)35-37-89-77(107)62(27-31-66(85)100)91-81(111)75(49(4)5)98-79(109)64(29-33-68(87)102)93-83(113)119-46-60-57-24-15-11-20-53(57)54-21-12-16-25-58(54)60/h9-16,18-25,43-44,48-49,59-64,74-75H,6-8,17,26-42,45-47H2,1-5H3,(H2,84,99)(H2,85,100)(H2,86,101)(H2,87,102)(H,88,106)(H,89,107)(H,90,110)(H,91,111)(H,92,112)(H,93,113)(H,97,108)(H,98,109)(H2,94,95,96,103,104)/t61-,62-,63-,64-,74-,75-/m0/s1. The van der Waals surface area contributed by atoms with E-state index in [0.717, 1.165) is 70.2 Å². The molecule has 0 saturated carbocycles. The van der Waals surface area contributed by atoms with Crippen LogP contribution in [-0.2, 0) is 86.0 Å². The van der Waals surface area contributed by atoms with E-state index in [1.165, 1.54) is 12.1 Å². The van der Waals surface area contributed by atoms with Crippen LogP contribution in [0, 0.1) is 11.8 Å². The number of nitrogens with two attached hydrogens (primary N) is 4. The van der Waals surface area contributed by atoms with Crippen molar-refractivity contribution in [2.45, 2.75) is 173 Å². The van der Waals surface area contributed by atoms with Crippen molar-refractivity contribution in [3.05, 3.63) is 131 Å². The van der Waals surface area contributed by atoms with E-state index in [-0.39, 0.29) is 101 Å². The number of nitrogens with zero attached hydrogens (tertiary/aromatic N) is 1. The summed E-state index contributed by atoms with van der Waals surface area (Å²) in [6, 6.07) is 24.4. The monoisotopic (exact) mass is 1650 g/mol. The molecule has 14 amide bonds. The number of benzene rings is 4. The molecule has 0 aliphatic heterocycles. The molecule has 1 heterocycles. The van der Waals surface area contributed by atoms with Gasteiger partial charge in [0.2, 0.25) is 70.9 Å². The van der Waals surface area contributed by atoms with Gasteiger partial charge in [-0.3, -0.25) is 57.5 Å². The second-order valence-electron chi connectivity index (χ2n) is 29.2. The second kappa shape index (κ2) is 48.2. The number of unbranched alkanes of at least 4 members (excludes halogenated alkanes) is 3. The largest absolute Gasteiger partial charge is 0.482 e. The highest BCUT2D eigenvalue weighted by Gasteiger charge is 2.37. The van der Waals surface area contributed by atoms with Crippen molar-refractivity contribution in [1.82, 2.24) is 47.5 Å². The number of rotatable bonds is 52. The Morgan fingerprint density at radius 1 is 0.395 bits per heavy atom. The summed E-state index contributed by atoms with van der Waals surface area (Å²) in [7, 11) is 0. The van der Waals surface area contributed by atoms with Gasteiger partial charge in [-0.1, -0.05) is 151 Å². The number of carbonyl (C=O) groups is 15. The van der Waals surface area contributed by atoms with Gasteiger partial charge in [0.1, 0.15) is 73.5 Å². The van der Waals surface area contributed by atoms with Gasteiger partial charge in [-0.15, -0.1) is 0 Å². The summed E-state index contributed by atoms with van der Waals surface area (Å²) in [6.07, 6.45) is -1.51. The Bertz CT molecular complexity index is 4050. The summed E-state index contributed by atoms with van der Waals surface area (Å²) in [6.45, 7) is 7.85. The van der Waals surface area contributed by atoms with Gasteiger partial charge in [-0.05, 0) is 88.4 Å². The molecular weight excluding hydrogens is 1540 g/mol. The lowest BCUT2D eigenvalue weighted by Crippen LogP contribution is -2.58. The molecule has 0 spiro atoms. The summed E-state index contributed by atoms with van der Waals surface area (Å²) in [5.41, 5.74) is 29.5. The number of alkyl carbamates (subject to hydrolysis) is 2. The molecule has 0 fully saturated rings. The van der Waals surface area contributed by atoms with E-state index >= 15 is 0 Å². The molecule has 0 unspecified atom stereocenters. The predicted octanol–water partition coefficient (Wildman–Crippen LogP) is 3.63. The first-order valence-corrected chi connectivity index (χ1v) is 39.7. The molecule has 2 aliphatic carbocycles. The van der Waals surface area contributed by atoms with E-state index in [1.54, 1.807) is 27.7 Å². The van der Waals surface area contributed by atoms with Gasteiger partial charge >= 0.3 is 18.2 Å². The third-order valence-corrected chi connectivity index (χ3v) is 19.4. The molecule has 1 aromatic heterocycles. The minimum Gasteiger partial charge on any atom is -0.482 e. The Balaban J connectivity index is 0.953. The molecule has 0 saturated heterocycles. The molecule has 5 aromatic rings. The zero-order chi connectivity index (χ0) is 86.5. The van der Waals surface area contributed by atoms with Crippen LogP contribution >= 0.6 is 0 Å². The first kappa shape index (κ1) is 93.6. The zero-order valence-corrected chi connectivity index (χ0v) is 67.5. The quantitative estimate of drug-likeness (QED) is 0.0150. The average molecular weight is 1650 g/mol. The number of nitrogens with one attached hydrogen (secondary N) is 10. The van der Waals surface area contributed by atoms with E-state index in [4.69, 9.17) is 51.4 Å². The molecular formula is C83H109N15O21. The molecule has 119 heavy (non-hydrogen) atoms. The summed E-state index contributed by atoms with van der Waals surface area (Å²) in [5.74, 6) is -13.7. The third-order valence-electron chi connectivity index (χ3n) is 19.4. The number of amides is 14. The molecule has 6 atom stereocenters. The van der Waals surface area contributed by atoms with Gasteiger partial charge in [0.15, 0.2) is 6.61 Å². The fraction of sp³-hybridized carbons (Fsp3) is 0.470. The normalized spacial score (nSPS) is 13.3. The zero-order valence-electron chi connectivity index (χ0n) is 67.5. The first-order valence-electron chi connectivity index (χ1n) is 39.7. The van der Waals surface area contributed by atoms with Crippen LogP contribution in [0.1, 0.15) is 159 Å². The number of fused-ring (bicyclic) bond motifs is 6. The Hall–Kier alpha value is -12.6. The van der Waals surface area contributed by atoms with Crippen molar-refractivity contribution in [2.24, 2.45) is 34.8 Å². The van der Waals surface area contributed by atoms with Crippen LogP contribution < -0.4 is 80.8 Å². The minimum atomic E-state index is -1.48. The SMILES string of the molecule is CCCCCCOCCOCCOC(=O)COc1cc(NC(=O)CCNC(=O)[C@H](CCC(N)=O)NC(=O)[C@@H](NC(=O)[C@H](CCC(N)=O)NC(=O)OCC2c3ccccc3-c3ccccc32)C(C)C)nc(NC(=O)CCNC(=O)[C@H](CCC(N)=O)NC(=O)[C@@H](NC(=O)[C@H](CCC(N)=O)NC(=O)OCC2c3ccccc3-c3ccccc32)C(C)C)c1. The predicted molar refractivity (Wildman–Crippen MR) is 434 cm³/mol. The summed E-state index contributed by atoms with van der Waals surface area (Å²) in [5, 5.41) is 25.3. The smallest absolute Gasteiger partial charge is 0.407 e. The third kappa shape index (κ3) is 30.8. The second-order valence-corrected chi connectivity index (χ2v) is 29.2. The van der Waals surface area contributed by atoms with Crippen LogP contribution in [0.4, 0.5) is 21.2 Å². The lowest BCUT2D eigenvalue weighted by Gasteiger charge is -2.27. The number of pyridine rings is 1. The van der Waals surface area contributed by atoms with Crippen molar-refractivity contribution in [1.29, 1.82) is 0 Å². The van der Waals surface area contributed by atoms with Crippen molar-refractivity contribution >= 4 is 101 Å². The fourth-order valence-corrected chi connectivity index (χ4v) is 13.2. The summed E-state index contributed by atoms with van der Waals surface area (Å²) >= 11 is 0. The summed E-state index contributed by atoms with van der Waals surface area (Å²) < 4.78 is 33.4. The fourth-order valence-electron chi connectivity index (χ4n) is 13.2. The van der Waals surface area contributed by atoms with Crippen LogP contribution in [0.5, 0.6) is 5.75 Å². The number of aromatic nitrogens is 1. The van der Waals surface area contributed by atoms with E-state index in [0.29, 0.717) is 13.2 Å². The van der Waals surface area contributed by atoms with Crippen molar-refractivity contribution in [3.8, 4) is 28.0 Å². The molecule has 2 aliphatic rings. The van der Waals surface area contributed by atoms with Gasteiger partial charge in [-0.25, -0.2) is 19.4 Å². The Kier molecular flexibility index (Phi) is 37.9. The van der Waals surface area contributed by atoms with Crippen LogP contribution in [0.3, 0.4) is 0 Å². The summed E-state index contributed by atoms with van der Waals surface area (Å²) in [4.78, 5) is 203. The Morgan fingerprint density at radius 3 is 1.11 bits per heavy atom. The van der Waals surface area contributed by atoms with E-state index < -0.39 is 183 Å². The maximum absolute atomic E-state index is 14.1. The van der Waals surface area contributed by atoms with Gasteiger partial charge in [-0.2, -0.15) is 0 Å². The average Bonchev–Trinajstić information content (AvgIpc) is 1.62. The highest BCUT2D eigenvalue weighted by atomic mass is 16.6. The highest BCUT2D eigenvalue weighted by molar-refractivity contribution is 5.98. The molecule has 0 radical (unpaired) electrons. The van der Waals surface area contributed by atoms with Gasteiger partial charge in [0.25, 0.3) is 0 Å². The van der Waals surface area contributed by atoms with Crippen LogP contribution in [0.15, 0.2) is 109 Å². The maximum atomic E-state index is 14.1. The van der Waals surface area contributed by atoms with Crippen LogP contribution in [0.25, 0.3) is 22.3 Å². The number of anilines is 2. The van der Waals surface area contributed by atoms with E-state index in [9.17, 15) is 71.9 Å². The van der Waals surface area contributed by atoms with Crippen molar-refractivity contribution in [3.63, 3.8) is 0 Å². The number of esters is 1.